The predicted octanol–water partition coefficient (Wildman–Crippen LogP) is 5.47. The maximum atomic E-state index is 13.8. The van der Waals surface area contributed by atoms with Crippen LogP contribution in [0.25, 0.3) is 0 Å². The van der Waals surface area contributed by atoms with Crippen LogP contribution in [0, 0.1) is 30.2 Å². The second kappa shape index (κ2) is 7.96. The lowest BCUT2D eigenvalue weighted by Gasteiger charge is -2.14. The molecule has 1 aromatic heterocycles. The molecule has 30 heavy (non-hydrogen) atoms. The van der Waals surface area contributed by atoms with Crippen LogP contribution < -0.4 is 5.32 Å². The Morgan fingerprint density at radius 2 is 1.47 bits per heavy atom. The summed E-state index contributed by atoms with van der Waals surface area (Å²) in [5.74, 6) is -12.0. The van der Waals surface area contributed by atoms with E-state index in [1.807, 2.05) is 0 Å². The number of benzene rings is 1. The van der Waals surface area contributed by atoms with Gasteiger partial charge >= 0.3 is 12.4 Å². The summed E-state index contributed by atoms with van der Waals surface area (Å²) in [5, 5.41) is 3.74. The van der Waals surface area contributed by atoms with Crippen molar-refractivity contribution in [2.24, 2.45) is 0 Å². The van der Waals surface area contributed by atoms with E-state index < -0.39 is 76.5 Å². The summed E-state index contributed by atoms with van der Waals surface area (Å²) in [6, 6.07) is 0. The number of carbonyl (C=O) groups is 1. The van der Waals surface area contributed by atoms with Gasteiger partial charge in [0.1, 0.15) is 11.3 Å². The Hall–Kier alpha value is -2.51. The van der Waals surface area contributed by atoms with Gasteiger partial charge in [0.2, 0.25) is 5.91 Å². The van der Waals surface area contributed by atoms with E-state index in [4.69, 9.17) is 11.6 Å². The lowest BCUT2D eigenvalue weighted by molar-refractivity contribution is -0.143. The van der Waals surface area contributed by atoms with E-state index >= 15 is 0 Å². The molecule has 0 saturated heterocycles. The van der Waals surface area contributed by atoms with Crippen molar-refractivity contribution >= 4 is 23.2 Å². The number of aryl methyl sites for hydroxylation is 1. The zero-order valence-electron chi connectivity index (χ0n) is 14.4. The smallest absolute Gasteiger partial charge is 0.321 e. The number of amides is 1. The van der Waals surface area contributed by atoms with Gasteiger partial charge in [0.25, 0.3) is 0 Å². The van der Waals surface area contributed by atoms with Gasteiger partial charge in [-0.1, -0.05) is 11.6 Å². The molecule has 0 spiro atoms. The molecule has 0 fully saturated rings. The van der Waals surface area contributed by atoms with Crippen LogP contribution in [0.4, 0.5) is 49.6 Å². The fourth-order valence-corrected chi connectivity index (χ4v) is 2.57. The van der Waals surface area contributed by atoms with Crippen molar-refractivity contribution in [3.8, 4) is 0 Å². The lowest BCUT2D eigenvalue weighted by Crippen LogP contribution is -2.21. The number of halogens is 11. The van der Waals surface area contributed by atoms with E-state index in [0.717, 1.165) is 6.92 Å². The molecule has 1 aromatic carbocycles. The topological polar surface area (TPSA) is 46.9 Å². The molecule has 0 bridgehead atoms. The molecule has 0 aliphatic rings. The summed E-state index contributed by atoms with van der Waals surface area (Å²) < 4.78 is 131. The number of nitrogens with one attached hydrogen (secondary N) is 1. The van der Waals surface area contributed by atoms with Crippen LogP contribution in [0.15, 0.2) is 0 Å². The summed E-state index contributed by atoms with van der Waals surface area (Å²) in [5.41, 5.74) is -6.31. The number of alkyl halides is 6. The van der Waals surface area contributed by atoms with Gasteiger partial charge in [0.05, 0.1) is 17.3 Å². The van der Waals surface area contributed by atoms with Gasteiger partial charge in [-0.15, -0.1) is 0 Å². The number of hydrogen-bond acceptors (Lipinski definition) is 2. The lowest BCUT2D eigenvalue weighted by atomic mass is 10.1. The quantitative estimate of drug-likeness (QED) is 0.475. The summed E-state index contributed by atoms with van der Waals surface area (Å²) in [6.45, 7) is 0.519. The molecule has 166 valence electrons. The van der Waals surface area contributed by atoms with E-state index in [0.29, 0.717) is 4.68 Å². The Kier molecular flexibility index (Phi) is 6.31. The number of rotatable bonds is 4. The van der Waals surface area contributed by atoms with Gasteiger partial charge in [0.15, 0.2) is 29.0 Å². The van der Waals surface area contributed by atoms with Crippen molar-refractivity contribution in [1.29, 1.82) is 0 Å². The minimum atomic E-state index is -5.76. The summed E-state index contributed by atoms with van der Waals surface area (Å²) in [7, 11) is 0. The van der Waals surface area contributed by atoms with Crippen molar-refractivity contribution < 1.29 is 48.7 Å². The average molecular weight is 472 g/mol. The minimum Gasteiger partial charge on any atom is -0.321 e. The molecule has 4 nitrogen and oxygen atoms in total. The molecule has 2 rings (SSSR count). The van der Waals surface area contributed by atoms with Crippen LogP contribution in [-0.2, 0) is 23.7 Å². The van der Waals surface area contributed by atoms with Gasteiger partial charge in [-0.05, 0) is 6.92 Å². The minimum absolute atomic E-state index is 0.208. The Morgan fingerprint density at radius 1 is 0.967 bits per heavy atom. The van der Waals surface area contributed by atoms with E-state index in [1.54, 1.807) is 0 Å². The highest BCUT2D eigenvalue weighted by Crippen LogP contribution is 2.38. The maximum absolute atomic E-state index is 13.8. The first-order valence-corrected chi connectivity index (χ1v) is 7.98. The third-order valence-corrected chi connectivity index (χ3v) is 4.22. The third kappa shape index (κ3) is 4.47. The van der Waals surface area contributed by atoms with Gasteiger partial charge in [-0.25, -0.2) is 17.6 Å². The standard InChI is InChI=1S/C15H8ClF10N3O/c1-4-7(16)13(15(24,25)26)28-29(4)3-2-5(30)27-12-10(19)8(17)6(14(21,22)23)9(18)11(12)20/h2-3H2,1H3,(H,27,30). The molecule has 1 heterocycles. The van der Waals surface area contributed by atoms with E-state index in [2.05, 4.69) is 5.10 Å². The zero-order chi connectivity index (χ0) is 23.2. The summed E-state index contributed by atoms with van der Waals surface area (Å²) >= 11 is 5.49. The van der Waals surface area contributed by atoms with Crippen LogP contribution in [0.2, 0.25) is 5.02 Å². The second-order valence-corrected chi connectivity index (χ2v) is 6.15. The molecule has 1 N–H and O–H groups in total. The van der Waals surface area contributed by atoms with Crippen LogP contribution >= 0.6 is 11.6 Å². The fraction of sp³-hybridized carbons (Fsp3) is 0.333. The van der Waals surface area contributed by atoms with Crippen LogP contribution in [0.1, 0.15) is 23.4 Å². The van der Waals surface area contributed by atoms with Crippen molar-refractivity contribution in [2.45, 2.75) is 32.2 Å². The second-order valence-electron chi connectivity index (χ2n) is 5.77. The zero-order valence-corrected chi connectivity index (χ0v) is 15.1. The predicted molar refractivity (Wildman–Crippen MR) is 81.5 cm³/mol. The van der Waals surface area contributed by atoms with E-state index in [9.17, 15) is 48.7 Å². The van der Waals surface area contributed by atoms with Crippen LogP contribution in [0.5, 0.6) is 0 Å². The fourth-order valence-electron chi connectivity index (χ4n) is 2.32. The number of carbonyl (C=O) groups excluding carboxylic acids is 1. The van der Waals surface area contributed by atoms with Gasteiger partial charge in [-0.3, -0.25) is 9.48 Å². The molecule has 2 aromatic rings. The van der Waals surface area contributed by atoms with E-state index in [-0.39, 0.29) is 5.69 Å². The number of aromatic nitrogens is 2. The van der Waals surface area contributed by atoms with Gasteiger partial charge in [0, 0.05) is 6.42 Å². The maximum Gasteiger partial charge on any atom is 0.436 e. The number of hydrogen-bond donors (Lipinski definition) is 1. The van der Waals surface area contributed by atoms with Crippen LogP contribution in [-0.4, -0.2) is 15.7 Å². The Morgan fingerprint density at radius 3 is 1.87 bits per heavy atom. The molecule has 0 saturated carbocycles. The molecular formula is C15H8ClF10N3O. The third-order valence-electron chi connectivity index (χ3n) is 3.76. The Labute approximate surface area is 165 Å². The normalized spacial score (nSPS) is 12.4. The van der Waals surface area contributed by atoms with Crippen molar-refractivity contribution in [3.05, 3.63) is 45.2 Å². The number of nitrogens with zero attached hydrogens (tertiary/aromatic N) is 2. The summed E-state index contributed by atoms with van der Waals surface area (Å²) in [6.07, 6.45) is -11.5. The first-order valence-electron chi connectivity index (χ1n) is 7.60. The molecular weight excluding hydrogens is 464 g/mol. The SMILES string of the molecule is Cc1c(Cl)c(C(F)(F)F)nn1CCC(=O)Nc1c(F)c(F)c(C(F)(F)F)c(F)c1F. The highest BCUT2D eigenvalue weighted by atomic mass is 35.5. The van der Waals surface area contributed by atoms with Gasteiger partial charge < -0.3 is 5.32 Å². The van der Waals surface area contributed by atoms with Crippen molar-refractivity contribution in [3.63, 3.8) is 0 Å². The highest BCUT2D eigenvalue weighted by Gasteiger charge is 2.42. The first kappa shape index (κ1) is 23.8. The molecule has 0 unspecified atom stereocenters. The monoisotopic (exact) mass is 471 g/mol. The first-order chi connectivity index (χ1) is 13.6. The van der Waals surface area contributed by atoms with Gasteiger partial charge in [-0.2, -0.15) is 31.4 Å². The average Bonchev–Trinajstić information content (AvgIpc) is 2.89. The molecule has 15 heteroatoms. The Balaban J connectivity index is 2.25. The molecule has 0 aliphatic heterocycles. The van der Waals surface area contributed by atoms with Crippen LogP contribution in [0.3, 0.4) is 0 Å². The Bertz CT molecular complexity index is 967. The summed E-state index contributed by atoms with van der Waals surface area (Å²) in [4.78, 5) is 11.8. The molecule has 0 radical (unpaired) electrons. The van der Waals surface area contributed by atoms with Crippen molar-refractivity contribution in [2.75, 3.05) is 5.32 Å². The molecule has 0 atom stereocenters. The largest absolute Gasteiger partial charge is 0.436 e. The molecule has 0 aliphatic carbocycles. The molecule has 1 amide bonds. The van der Waals surface area contributed by atoms with E-state index in [1.165, 1.54) is 5.32 Å². The van der Waals surface area contributed by atoms with Crippen molar-refractivity contribution in [1.82, 2.24) is 9.78 Å². The highest BCUT2D eigenvalue weighted by molar-refractivity contribution is 6.31. The number of anilines is 1.